The molecule has 1 heterocycles. The van der Waals surface area contributed by atoms with Crippen molar-refractivity contribution in [1.82, 2.24) is 4.90 Å². The lowest BCUT2D eigenvalue weighted by molar-refractivity contribution is -0.140. The van der Waals surface area contributed by atoms with E-state index >= 15 is 0 Å². The minimum Gasteiger partial charge on any atom is -0.496 e. The van der Waals surface area contributed by atoms with Gasteiger partial charge in [0.05, 0.1) is 24.6 Å². The van der Waals surface area contributed by atoms with Gasteiger partial charge in [-0.2, -0.15) is 0 Å². The lowest BCUT2D eigenvalue weighted by atomic mass is 9.92. The number of amides is 2. The maximum Gasteiger partial charge on any atom is 0.235 e. The molecular weight excluding hydrogens is 277 g/mol. The molecule has 1 fully saturated rings. The van der Waals surface area contributed by atoms with E-state index in [1.165, 1.54) is 19.2 Å². The molecule has 112 valence electrons. The highest BCUT2D eigenvalue weighted by atomic mass is 19.1. The van der Waals surface area contributed by atoms with E-state index in [4.69, 9.17) is 4.74 Å². The smallest absolute Gasteiger partial charge is 0.235 e. The van der Waals surface area contributed by atoms with Crippen LogP contribution in [0.15, 0.2) is 18.2 Å². The van der Waals surface area contributed by atoms with E-state index in [0.717, 1.165) is 11.0 Å². The second kappa shape index (κ2) is 5.27. The lowest BCUT2D eigenvalue weighted by Gasteiger charge is -2.17. The molecule has 2 amide bonds. The van der Waals surface area contributed by atoms with E-state index in [-0.39, 0.29) is 17.7 Å². The third kappa shape index (κ3) is 2.79. The highest BCUT2D eigenvalue weighted by Crippen LogP contribution is 2.32. The summed E-state index contributed by atoms with van der Waals surface area (Å²) < 4.78 is 18.3. The van der Waals surface area contributed by atoms with Crippen molar-refractivity contribution >= 4 is 17.6 Å². The summed E-state index contributed by atoms with van der Waals surface area (Å²) >= 11 is 0. The third-order valence-electron chi connectivity index (χ3n) is 3.48. The summed E-state index contributed by atoms with van der Waals surface area (Å²) in [4.78, 5) is 37.1. The number of benzene rings is 1. The number of rotatable bonds is 4. The predicted molar refractivity (Wildman–Crippen MR) is 72.4 cm³/mol. The standard InChI is InChI=1S/C15H16FNO4/c1-15(2)7-13(19)17(14(15)20)8-11(18)10-6-9(16)4-5-12(10)21-3/h4-6H,7-8H2,1-3H3. The number of methoxy groups -OCH3 is 1. The number of imide groups is 1. The SMILES string of the molecule is COc1ccc(F)cc1C(=O)CN1C(=O)CC(C)(C)C1=O. The van der Waals surface area contributed by atoms with Gasteiger partial charge in [-0.25, -0.2) is 4.39 Å². The second-order valence-corrected chi connectivity index (χ2v) is 5.61. The molecule has 1 aromatic carbocycles. The zero-order chi connectivity index (χ0) is 15.8. The lowest BCUT2D eigenvalue weighted by Crippen LogP contribution is -2.37. The van der Waals surface area contributed by atoms with E-state index in [9.17, 15) is 18.8 Å². The van der Waals surface area contributed by atoms with Gasteiger partial charge in [0.2, 0.25) is 11.8 Å². The maximum absolute atomic E-state index is 13.3. The van der Waals surface area contributed by atoms with Crippen LogP contribution in [0.1, 0.15) is 30.6 Å². The first-order chi connectivity index (χ1) is 9.76. The molecule has 5 nitrogen and oxygen atoms in total. The molecule has 0 N–H and O–H groups in total. The number of halogens is 1. The molecule has 0 unspecified atom stereocenters. The van der Waals surface area contributed by atoms with Crippen LogP contribution in [0.3, 0.4) is 0 Å². The third-order valence-corrected chi connectivity index (χ3v) is 3.48. The second-order valence-electron chi connectivity index (χ2n) is 5.61. The van der Waals surface area contributed by atoms with E-state index < -0.39 is 35.4 Å². The Morgan fingerprint density at radius 2 is 2.05 bits per heavy atom. The maximum atomic E-state index is 13.3. The van der Waals surface area contributed by atoms with Crippen molar-refractivity contribution in [2.24, 2.45) is 5.41 Å². The Morgan fingerprint density at radius 3 is 2.57 bits per heavy atom. The van der Waals surface area contributed by atoms with Crippen molar-refractivity contribution in [3.63, 3.8) is 0 Å². The van der Waals surface area contributed by atoms with Crippen molar-refractivity contribution in [2.45, 2.75) is 20.3 Å². The Labute approximate surface area is 121 Å². The first-order valence-corrected chi connectivity index (χ1v) is 6.48. The van der Waals surface area contributed by atoms with Crippen molar-refractivity contribution in [3.8, 4) is 5.75 Å². The normalized spacial score (nSPS) is 17.2. The summed E-state index contributed by atoms with van der Waals surface area (Å²) in [6.07, 6.45) is 0.0688. The molecule has 1 aliphatic heterocycles. The molecule has 21 heavy (non-hydrogen) atoms. The van der Waals surface area contributed by atoms with Gasteiger partial charge in [-0.15, -0.1) is 0 Å². The largest absolute Gasteiger partial charge is 0.496 e. The van der Waals surface area contributed by atoms with Crippen LogP contribution in [0.2, 0.25) is 0 Å². The van der Waals surface area contributed by atoms with Crippen LogP contribution in [0.5, 0.6) is 5.75 Å². The van der Waals surface area contributed by atoms with Gasteiger partial charge in [0.25, 0.3) is 0 Å². The van der Waals surface area contributed by atoms with E-state index in [1.54, 1.807) is 13.8 Å². The molecule has 1 aliphatic rings. The van der Waals surface area contributed by atoms with Crippen LogP contribution in [0, 0.1) is 11.2 Å². The van der Waals surface area contributed by atoms with Crippen LogP contribution in [-0.4, -0.2) is 36.2 Å². The number of Topliss-reactive ketones (excluding diaryl/α,β-unsaturated/α-hetero) is 1. The van der Waals surface area contributed by atoms with E-state index in [0.29, 0.717) is 0 Å². The quantitative estimate of drug-likeness (QED) is 0.627. The van der Waals surface area contributed by atoms with Crippen LogP contribution >= 0.6 is 0 Å². The fraction of sp³-hybridized carbons (Fsp3) is 0.400. The Balaban J connectivity index is 2.25. The average molecular weight is 293 g/mol. The molecule has 0 spiro atoms. The molecule has 0 radical (unpaired) electrons. The van der Waals surface area contributed by atoms with E-state index in [2.05, 4.69) is 0 Å². The van der Waals surface area contributed by atoms with Crippen molar-refractivity contribution in [1.29, 1.82) is 0 Å². The van der Waals surface area contributed by atoms with Crippen LogP contribution in [0.4, 0.5) is 4.39 Å². The molecule has 0 aromatic heterocycles. The molecule has 1 aromatic rings. The van der Waals surface area contributed by atoms with Gasteiger partial charge in [-0.1, -0.05) is 13.8 Å². The average Bonchev–Trinajstić information content (AvgIpc) is 2.60. The molecule has 0 bridgehead atoms. The molecule has 2 rings (SSSR count). The van der Waals surface area contributed by atoms with Crippen molar-refractivity contribution < 1.29 is 23.5 Å². The number of ether oxygens (including phenoxy) is 1. The Bertz CT molecular complexity index is 624. The predicted octanol–water partition coefficient (Wildman–Crippen LogP) is 1.80. The topological polar surface area (TPSA) is 63.7 Å². The Hall–Kier alpha value is -2.24. The summed E-state index contributed by atoms with van der Waals surface area (Å²) in [5, 5.41) is 0. The molecular formula is C15H16FNO4. The molecule has 6 heteroatoms. The fourth-order valence-corrected chi connectivity index (χ4v) is 2.31. The first-order valence-electron chi connectivity index (χ1n) is 6.48. The molecule has 0 aliphatic carbocycles. The van der Waals surface area contributed by atoms with Crippen molar-refractivity contribution in [3.05, 3.63) is 29.6 Å². The van der Waals surface area contributed by atoms with E-state index in [1.807, 2.05) is 0 Å². The Morgan fingerprint density at radius 1 is 1.38 bits per heavy atom. The van der Waals surface area contributed by atoms with Gasteiger partial charge < -0.3 is 4.74 Å². The highest BCUT2D eigenvalue weighted by molar-refractivity contribution is 6.10. The number of ketones is 1. The number of nitrogens with zero attached hydrogens (tertiary/aromatic N) is 1. The van der Waals surface area contributed by atoms with Crippen LogP contribution in [-0.2, 0) is 9.59 Å². The monoisotopic (exact) mass is 293 g/mol. The minimum atomic E-state index is -0.802. The van der Waals surface area contributed by atoms with Crippen LogP contribution < -0.4 is 4.74 Å². The number of likely N-dealkylation sites (tertiary alicyclic amines) is 1. The number of carbonyl (C=O) groups excluding carboxylic acids is 3. The number of hydrogen-bond acceptors (Lipinski definition) is 4. The minimum absolute atomic E-state index is 0.0165. The molecule has 0 atom stereocenters. The summed E-state index contributed by atoms with van der Waals surface area (Å²) in [7, 11) is 1.36. The summed E-state index contributed by atoms with van der Waals surface area (Å²) in [5.74, 6) is -1.70. The summed E-state index contributed by atoms with van der Waals surface area (Å²) in [5.41, 5.74) is -0.786. The first kappa shape index (κ1) is 15.2. The van der Waals surface area contributed by atoms with Gasteiger partial charge in [-0.3, -0.25) is 19.3 Å². The molecule has 0 saturated carbocycles. The fourth-order valence-electron chi connectivity index (χ4n) is 2.31. The van der Waals surface area contributed by atoms with Gasteiger partial charge in [0, 0.05) is 6.42 Å². The van der Waals surface area contributed by atoms with Gasteiger partial charge in [0.1, 0.15) is 11.6 Å². The number of carbonyl (C=O) groups is 3. The summed E-state index contributed by atoms with van der Waals surface area (Å²) in [6, 6.07) is 3.54. The van der Waals surface area contributed by atoms with Gasteiger partial charge in [0.15, 0.2) is 5.78 Å². The Kier molecular flexibility index (Phi) is 3.80. The van der Waals surface area contributed by atoms with Gasteiger partial charge in [-0.05, 0) is 18.2 Å². The van der Waals surface area contributed by atoms with Crippen molar-refractivity contribution in [2.75, 3.05) is 13.7 Å². The summed E-state index contributed by atoms with van der Waals surface area (Å²) in [6.45, 7) is 2.90. The molecule has 1 saturated heterocycles. The number of hydrogen-bond donors (Lipinski definition) is 0. The zero-order valence-corrected chi connectivity index (χ0v) is 12.1. The van der Waals surface area contributed by atoms with Crippen LogP contribution in [0.25, 0.3) is 0 Å². The van der Waals surface area contributed by atoms with Gasteiger partial charge >= 0.3 is 0 Å². The highest BCUT2D eigenvalue weighted by Gasteiger charge is 2.45. The zero-order valence-electron chi connectivity index (χ0n) is 12.1.